The molecule has 0 bridgehead atoms. The van der Waals surface area contributed by atoms with Crippen molar-refractivity contribution in [3.8, 4) is 0 Å². The van der Waals surface area contributed by atoms with E-state index >= 15 is 0 Å². The minimum atomic E-state index is -0.201. The van der Waals surface area contributed by atoms with Crippen LogP contribution in [0.1, 0.15) is 23.1 Å². The molecule has 2 N–H and O–H groups in total. The normalized spacial score (nSPS) is 20.9. The molecule has 2 aromatic carbocycles. The second-order valence-electron chi connectivity index (χ2n) is 5.60. The number of hydrogen-bond acceptors (Lipinski definition) is 1. The number of halogens is 2. The van der Waals surface area contributed by atoms with E-state index in [1.54, 1.807) is 6.07 Å². The molecule has 1 unspecified atom stereocenters. The van der Waals surface area contributed by atoms with E-state index in [-0.39, 0.29) is 11.2 Å². The van der Waals surface area contributed by atoms with Crippen molar-refractivity contribution in [2.75, 3.05) is 6.54 Å². The average molecular weight is 334 g/mol. The fourth-order valence-electron chi connectivity index (χ4n) is 3.34. The van der Waals surface area contributed by atoms with Crippen molar-refractivity contribution < 1.29 is 4.39 Å². The van der Waals surface area contributed by atoms with Crippen LogP contribution < -0.4 is 5.73 Å². The third kappa shape index (κ3) is 2.40. The SMILES string of the molecule is NCC1(Cc2cc(F)cc(Br)c2)CCc2ccccc21. The van der Waals surface area contributed by atoms with Crippen molar-refractivity contribution in [3.05, 3.63) is 69.4 Å². The fraction of sp³-hybridized carbons (Fsp3) is 0.294. The third-order valence-electron chi connectivity index (χ3n) is 4.32. The number of aryl methyl sites for hydroxylation is 1. The van der Waals surface area contributed by atoms with Crippen LogP contribution in [-0.2, 0) is 18.3 Å². The molecule has 1 atom stereocenters. The molecule has 20 heavy (non-hydrogen) atoms. The van der Waals surface area contributed by atoms with Gasteiger partial charge in [0.25, 0.3) is 0 Å². The van der Waals surface area contributed by atoms with Crippen LogP contribution in [0.15, 0.2) is 46.9 Å². The quantitative estimate of drug-likeness (QED) is 0.903. The van der Waals surface area contributed by atoms with Crippen molar-refractivity contribution in [2.24, 2.45) is 5.73 Å². The van der Waals surface area contributed by atoms with Crippen LogP contribution in [0.2, 0.25) is 0 Å². The van der Waals surface area contributed by atoms with Gasteiger partial charge in [-0.25, -0.2) is 4.39 Å². The number of nitrogens with two attached hydrogens (primary N) is 1. The van der Waals surface area contributed by atoms with Gasteiger partial charge in [-0.3, -0.25) is 0 Å². The summed E-state index contributed by atoms with van der Waals surface area (Å²) in [5.74, 6) is -0.201. The van der Waals surface area contributed by atoms with Gasteiger partial charge in [-0.15, -0.1) is 0 Å². The van der Waals surface area contributed by atoms with Gasteiger partial charge in [0.15, 0.2) is 0 Å². The summed E-state index contributed by atoms with van der Waals surface area (Å²) >= 11 is 3.36. The molecule has 0 fully saturated rings. The summed E-state index contributed by atoms with van der Waals surface area (Å²) < 4.78 is 14.3. The summed E-state index contributed by atoms with van der Waals surface area (Å²) in [4.78, 5) is 0. The maximum atomic E-state index is 13.6. The fourth-order valence-corrected chi connectivity index (χ4v) is 3.85. The summed E-state index contributed by atoms with van der Waals surface area (Å²) in [6.07, 6.45) is 2.89. The van der Waals surface area contributed by atoms with Crippen LogP contribution >= 0.6 is 15.9 Å². The molecule has 104 valence electrons. The molecule has 1 aliphatic carbocycles. The first-order chi connectivity index (χ1) is 9.63. The summed E-state index contributed by atoms with van der Waals surface area (Å²) in [6.45, 7) is 0.595. The minimum Gasteiger partial charge on any atom is -0.330 e. The maximum Gasteiger partial charge on any atom is 0.124 e. The van der Waals surface area contributed by atoms with E-state index in [0.29, 0.717) is 6.54 Å². The lowest BCUT2D eigenvalue weighted by molar-refractivity contribution is 0.430. The first-order valence-electron chi connectivity index (χ1n) is 6.86. The van der Waals surface area contributed by atoms with E-state index in [1.807, 2.05) is 6.07 Å². The van der Waals surface area contributed by atoms with Gasteiger partial charge in [-0.05, 0) is 54.2 Å². The van der Waals surface area contributed by atoms with Crippen molar-refractivity contribution in [3.63, 3.8) is 0 Å². The van der Waals surface area contributed by atoms with Crippen molar-refractivity contribution in [1.82, 2.24) is 0 Å². The molecule has 2 aromatic rings. The number of fused-ring (bicyclic) bond motifs is 1. The second kappa shape index (κ2) is 5.30. The third-order valence-corrected chi connectivity index (χ3v) is 4.78. The zero-order valence-corrected chi connectivity index (χ0v) is 12.8. The Morgan fingerprint density at radius 1 is 1.20 bits per heavy atom. The summed E-state index contributed by atoms with van der Waals surface area (Å²) in [6, 6.07) is 13.6. The first kappa shape index (κ1) is 13.8. The van der Waals surface area contributed by atoms with E-state index in [2.05, 4.69) is 40.2 Å². The summed E-state index contributed by atoms with van der Waals surface area (Å²) in [5.41, 5.74) is 9.77. The predicted octanol–water partition coefficient (Wildman–Crippen LogP) is 3.97. The van der Waals surface area contributed by atoms with Gasteiger partial charge in [0.05, 0.1) is 0 Å². The Balaban J connectivity index is 1.99. The molecule has 0 amide bonds. The van der Waals surface area contributed by atoms with Crippen LogP contribution in [0.5, 0.6) is 0 Å². The van der Waals surface area contributed by atoms with Gasteiger partial charge in [-0.1, -0.05) is 40.2 Å². The topological polar surface area (TPSA) is 26.0 Å². The van der Waals surface area contributed by atoms with Crippen LogP contribution in [0.4, 0.5) is 4.39 Å². The van der Waals surface area contributed by atoms with E-state index in [0.717, 1.165) is 29.3 Å². The van der Waals surface area contributed by atoms with Crippen molar-refractivity contribution >= 4 is 15.9 Å². The van der Waals surface area contributed by atoms with Crippen LogP contribution in [0.25, 0.3) is 0 Å². The predicted molar refractivity (Wildman–Crippen MR) is 83.3 cm³/mol. The molecule has 0 heterocycles. The highest BCUT2D eigenvalue weighted by Crippen LogP contribution is 2.41. The van der Waals surface area contributed by atoms with Crippen molar-refractivity contribution in [2.45, 2.75) is 24.7 Å². The average Bonchev–Trinajstić information content (AvgIpc) is 2.78. The van der Waals surface area contributed by atoms with E-state index < -0.39 is 0 Å². The zero-order chi connectivity index (χ0) is 14.2. The first-order valence-corrected chi connectivity index (χ1v) is 7.66. The number of hydrogen-bond donors (Lipinski definition) is 1. The standard InChI is InChI=1S/C17H17BrFN/c18-14-7-12(8-15(19)9-14)10-17(11-20)6-5-13-3-1-2-4-16(13)17/h1-4,7-9H,5-6,10-11,20H2. The molecular weight excluding hydrogens is 317 g/mol. The number of rotatable bonds is 3. The molecule has 3 rings (SSSR count). The van der Waals surface area contributed by atoms with Gasteiger partial charge >= 0.3 is 0 Å². The Kier molecular flexibility index (Phi) is 3.65. The Morgan fingerprint density at radius 2 is 2.00 bits per heavy atom. The van der Waals surface area contributed by atoms with Crippen LogP contribution in [0, 0.1) is 5.82 Å². The summed E-state index contributed by atoms with van der Waals surface area (Å²) in [5, 5.41) is 0. The molecule has 0 saturated carbocycles. The lowest BCUT2D eigenvalue weighted by Crippen LogP contribution is -2.35. The molecule has 0 aromatic heterocycles. The Morgan fingerprint density at radius 3 is 2.75 bits per heavy atom. The van der Waals surface area contributed by atoms with Gasteiger partial charge in [0.2, 0.25) is 0 Å². The molecule has 3 heteroatoms. The molecule has 0 saturated heterocycles. The Hall–Kier alpha value is -1.19. The lowest BCUT2D eigenvalue weighted by atomic mass is 9.76. The van der Waals surface area contributed by atoms with Crippen LogP contribution in [-0.4, -0.2) is 6.54 Å². The minimum absolute atomic E-state index is 0.0518. The van der Waals surface area contributed by atoms with E-state index in [1.165, 1.54) is 17.2 Å². The Bertz CT molecular complexity index is 620. The lowest BCUT2D eigenvalue weighted by Gasteiger charge is -2.29. The molecule has 0 spiro atoms. The molecule has 0 aliphatic heterocycles. The monoisotopic (exact) mass is 333 g/mol. The van der Waals surface area contributed by atoms with Gasteiger partial charge in [0, 0.05) is 16.4 Å². The highest BCUT2D eigenvalue weighted by Gasteiger charge is 2.37. The van der Waals surface area contributed by atoms with E-state index in [9.17, 15) is 4.39 Å². The second-order valence-corrected chi connectivity index (χ2v) is 6.51. The van der Waals surface area contributed by atoms with Gasteiger partial charge in [-0.2, -0.15) is 0 Å². The smallest absolute Gasteiger partial charge is 0.124 e. The van der Waals surface area contributed by atoms with Crippen molar-refractivity contribution in [1.29, 1.82) is 0 Å². The molecular formula is C17H17BrFN. The highest BCUT2D eigenvalue weighted by atomic mass is 79.9. The maximum absolute atomic E-state index is 13.6. The molecule has 1 nitrogen and oxygen atoms in total. The molecule has 0 radical (unpaired) electrons. The Labute approximate surface area is 127 Å². The highest BCUT2D eigenvalue weighted by molar-refractivity contribution is 9.10. The largest absolute Gasteiger partial charge is 0.330 e. The van der Waals surface area contributed by atoms with E-state index in [4.69, 9.17) is 5.73 Å². The number of benzene rings is 2. The van der Waals surface area contributed by atoms with Gasteiger partial charge in [0.1, 0.15) is 5.82 Å². The summed E-state index contributed by atoms with van der Waals surface area (Å²) in [7, 11) is 0. The molecule has 1 aliphatic rings. The van der Waals surface area contributed by atoms with Gasteiger partial charge < -0.3 is 5.73 Å². The van der Waals surface area contributed by atoms with Crippen LogP contribution in [0.3, 0.4) is 0 Å². The zero-order valence-electron chi connectivity index (χ0n) is 11.2.